The fourth-order valence-corrected chi connectivity index (χ4v) is 3.57. The number of thiophene rings is 1. The Labute approximate surface area is 165 Å². The Balaban J connectivity index is 1.39. The lowest BCUT2D eigenvalue weighted by atomic mass is 10.1. The number of benzene rings is 2. The highest BCUT2D eigenvalue weighted by molar-refractivity contribution is 7.10. The van der Waals surface area contributed by atoms with Gasteiger partial charge in [-0.15, -0.1) is 21.5 Å². The number of rotatable bonds is 7. The van der Waals surface area contributed by atoms with Crippen LogP contribution in [0.15, 0.2) is 82.9 Å². The predicted molar refractivity (Wildman–Crippen MR) is 106 cm³/mol. The molecular formula is C21H17N3O3S. The summed E-state index contributed by atoms with van der Waals surface area (Å²) < 4.78 is 10.8. The summed E-state index contributed by atoms with van der Waals surface area (Å²) in [5, 5.41) is 12.6. The van der Waals surface area contributed by atoms with Crippen molar-refractivity contribution in [2.75, 3.05) is 6.61 Å². The largest absolute Gasteiger partial charge is 0.484 e. The number of hydrogen-bond donors (Lipinski definition) is 1. The van der Waals surface area contributed by atoms with Gasteiger partial charge in [0.15, 0.2) is 6.61 Å². The monoisotopic (exact) mass is 391 g/mol. The van der Waals surface area contributed by atoms with Crippen molar-refractivity contribution < 1.29 is 13.9 Å². The molecule has 2 aromatic heterocycles. The van der Waals surface area contributed by atoms with Gasteiger partial charge in [-0.1, -0.05) is 36.4 Å². The van der Waals surface area contributed by atoms with E-state index in [-0.39, 0.29) is 18.6 Å². The van der Waals surface area contributed by atoms with Crippen molar-refractivity contribution in [3.63, 3.8) is 0 Å². The minimum atomic E-state index is -0.197. The van der Waals surface area contributed by atoms with Gasteiger partial charge in [0.2, 0.25) is 12.3 Å². The third-order valence-corrected chi connectivity index (χ3v) is 5.03. The molecule has 28 heavy (non-hydrogen) atoms. The summed E-state index contributed by atoms with van der Waals surface area (Å²) in [7, 11) is 0. The average molecular weight is 391 g/mol. The van der Waals surface area contributed by atoms with Crippen LogP contribution in [0.5, 0.6) is 5.75 Å². The number of hydrogen-bond acceptors (Lipinski definition) is 6. The van der Waals surface area contributed by atoms with E-state index in [1.54, 1.807) is 35.6 Å². The number of carbonyl (C=O) groups is 1. The van der Waals surface area contributed by atoms with Crippen molar-refractivity contribution in [2.24, 2.45) is 0 Å². The summed E-state index contributed by atoms with van der Waals surface area (Å²) >= 11 is 1.61. The van der Waals surface area contributed by atoms with Gasteiger partial charge in [0.25, 0.3) is 5.91 Å². The first-order valence-corrected chi connectivity index (χ1v) is 9.55. The normalized spacial score (nSPS) is 11.7. The van der Waals surface area contributed by atoms with Gasteiger partial charge in [0.05, 0.1) is 6.04 Å². The minimum absolute atomic E-state index is 0.0748. The van der Waals surface area contributed by atoms with Crippen molar-refractivity contribution in [3.8, 4) is 17.2 Å². The lowest BCUT2D eigenvalue weighted by Crippen LogP contribution is -2.32. The number of nitrogens with zero attached hydrogens (tertiary/aromatic N) is 2. The summed E-state index contributed by atoms with van der Waals surface area (Å²) in [4.78, 5) is 13.6. The van der Waals surface area contributed by atoms with Crippen LogP contribution < -0.4 is 10.1 Å². The molecule has 0 saturated carbocycles. The van der Waals surface area contributed by atoms with E-state index in [4.69, 9.17) is 9.15 Å². The lowest BCUT2D eigenvalue weighted by Gasteiger charge is -2.18. The fourth-order valence-electron chi connectivity index (χ4n) is 2.76. The summed E-state index contributed by atoms with van der Waals surface area (Å²) in [6.07, 6.45) is 1.28. The molecule has 1 amide bonds. The molecule has 0 bridgehead atoms. The van der Waals surface area contributed by atoms with Gasteiger partial charge in [-0.05, 0) is 41.3 Å². The number of aromatic nitrogens is 2. The van der Waals surface area contributed by atoms with Gasteiger partial charge in [0, 0.05) is 10.4 Å². The molecule has 0 fully saturated rings. The molecular weight excluding hydrogens is 374 g/mol. The van der Waals surface area contributed by atoms with Crippen molar-refractivity contribution in [3.05, 3.63) is 88.9 Å². The molecule has 0 unspecified atom stereocenters. The van der Waals surface area contributed by atoms with E-state index in [2.05, 4.69) is 15.5 Å². The summed E-state index contributed by atoms with van der Waals surface area (Å²) in [6.45, 7) is -0.0748. The van der Waals surface area contributed by atoms with Crippen molar-refractivity contribution >= 4 is 17.2 Å². The van der Waals surface area contributed by atoms with Crippen molar-refractivity contribution in [2.45, 2.75) is 6.04 Å². The second kappa shape index (κ2) is 8.49. The second-order valence-electron chi connectivity index (χ2n) is 5.98. The Morgan fingerprint density at radius 3 is 2.57 bits per heavy atom. The Morgan fingerprint density at radius 1 is 1.07 bits per heavy atom. The molecule has 7 heteroatoms. The molecule has 0 aliphatic rings. The Morgan fingerprint density at radius 2 is 1.89 bits per heavy atom. The van der Waals surface area contributed by atoms with E-state index in [1.807, 2.05) is 47.8 Å². The first-order valence-electron chi connectivity index (χ1n) is 8.67. The molecule has 140 valence electrons. The van der Waals surface area contributed by atoms with Crippen LogP contribution in [0.4, 0.5) is 0 Å². The van der Waals surface area contributed by atoms with Crippen molar-refractivity contribution in [1.82, 2.24) is 15.5 Å². The van der Waals surface area contributed by atoms with Gasteiger partial charge < -0.3 is 14.5 Å². The molecule has 1 N–H and O–H groups in total. The lowest BCUT2D eigenvalue weighted by molar-refractivity contribution is -0.123. The molecule has 0 saturated heterocycles. The van der Waals surface area contributed by atoms with Gasteiger partial charge in [0.1, 0.15) is 5.75 Å². The number of carbonyl (C=O) groups excluding carboxylic acids is 1. The third kappa shape index (κ3) is 4.27. The van der Waals surface area contributed by atoms with Gasteiger partial charge >= 0.3 is 0 Å². The minimum Gasteiger partial charge on any atom is -0.484 e. The van der Waals surface area contributed by atoms with Crippen LogP contribution in [-0.2, 0) is 4.79 Å². The van der Waals surface area contributed by atoms with Crippen LogP contribution in [0.25, 0.3) is 11.5 Å². The zero-order valence-corrected chi connectivity index (χ0v) is 15.6. The van der Waals surface area contributed by atoms with Gasteiger partial charge in [-0.25, -0.2) is 0 Å². The SMILES string of the molecule is O=C(COc1ccc(-c2nnco2)cc1)N[C@H](c1ccccc1)c1cccs1. The molecule has 0 aliphatic carbocycles. The Kier molecular flexibility index (Phi) is 5.44. The van der Waals surface area contributed by atoms with Crippen LogP contribution in [0.1, 0.15) is 16.5 Å². The number of nitrogens with one attached hydrogen (secondary N) is 1. The maximum atomic E-state index is 12.5. The summed E-state index contributed by atoms with van der Waals surface area (Å²) in [6, 6.07) is 20.8. The standard InChI is InChI=1S/C21H17N3O3S/c25-19(13-26-17-10-8-16(9-11-17)21-24-22-14-27-21)23-20(18-7-4-12-28-18)15-5-2-1-3-6-15/h1-12,14,20H,13H2,(H,23,25)/t20-/m1/s1. The maximum Gasteiger partial charge on any atom is 0.258 e. The molecule has 2 aromatic carbocycles. The van der Waals surface area contributed by atoms with Gasteiger partial charge in [-0.2, -0.15) is 0 Å². The van der Waals surface area contributed by atoms with Crippen LogP contribution in [-0.4, -0.2) is 22.7 Å². The van der Waals surface area contributed by atoms with E-state index in [0.29, 0.717) is 11.6 Å². The molecule has 0 aliphatic heterocycles. The number of amides is 1. The highest BCUT2D eigenvalue weighted by Gasteiger charge is 2.18. The van der Waals surface area contributed by atoms with Crippen LogP contribution in [0, 0.1) is 0 Å². The zero-order chi connectivity index (χ0) is 19.2. The maximum absolute atomic E-state index is 12.5. The average Bonchev–Trinajstić information content (AvgIpc) is 3.46. The van der Waals surface area contributed by atoms with E-state index in [1.165, 1.54) is 6.39 Å². The first-order chi connectivity index (χ1) is 13.8. The molecule has 0 radical (unpaired) electrons. The van der Waals surface area contributed by atoms with Crippen LogP contribution in [0.2, 0.25) is 0 Å². The van der Waals surface area contributed by atoms with E-state index in [0.717, 1.165) is 16.0 Å². The van der Waals surface area contributed by atoms with Crippen molar-refractivity contribution in [1.29, 1.82) is 0 Å². The summed E-state index contributed by atoms with van der Waals surface area (Å²) in [5.74, 6) is 0.833. The zero-order valence-electron chi connectivity index (χ0n) is 14.8. The molecule has 4 aromatic rings. The predicted octanol–water partition coefficient (Wildman–Crippen LogP) is 4.08. The second-order valence-corrected chi connectivity index (χ2v) is 6.96. The molecule has 2 heterocycles. The van der Waals surface area contributed by atoms with Crippen LogP contribution in [0.3, 0.4) is 0 Å². The molecule has 4 rings (SSSR count). The summed E-state index contributed by atoms with van der Waals surface area (Å²) in [5.41, 5.74) is 1.82. The first kappa shape index (κ1) is 17.9. The van der Waals surface area contributed by atoms with E-state index in [9.17, 15) is 4.79 Å². The highest BCUT2D eigenvalue weighted by atomic mass is 32.1. The van der Waals surface area contributed by atoms with Crippen LogP contribution >= 0.6 is 11.3 Å². The molecule has 1 atom stereocenters. The molecule has 0 spiro atoms. The molecule has 6 nitrogen and oxygen atoms in total. The van der Waals surface area contributed by atoms with E-state index >= 15 is 0 Å². The topological polar surface area (TPSA) is 77.2 Å². The quantitative estimate of drug-likeness (QED) is 0.514. The Bertz CT molecular complexity index is 1000. The fraction of sp³-hybridized carbons (Fsp3) is 0.0952. The smallest absolute Gasteiger partial charge is 0.258 e. The number of ether oxygens (including phenoxy) is 1. The van der Waals surface area contributed by atoms with Gasteiger partial charge in [-0.3, -0.25) is 4.79 Å². The van der Waals surface area contributed by atoms with E-state index < -0.39 is 0 Å². The third-order valence-electron chi connectivity index (χ3n) is 4.10. The highest BCUT2D eigenvalue weighted by Crippen LogP contribution is 2.26. The Hall–Kier alpha value is -3.45.